The van der Waals surface area contributed by atoms with E-state index >= 15 is 0 Å². The van der Waals surface area contributed by atoms with Crippen molar-refractivity contribution in [2.75, 3.05) is 5.32 Å². The average molecular weight is 380 g/mol. The number of aryl methyl sites for hydroxylation is 1. The molecule has 1 N–H and O–H groups in total. The normalized spacial score (nSPS) is 22.9. The summed E-state index contributed by atoms with van der Waals surface area (Å²) in [5, 5.41) is 14.4. The van der Waals surface area contributed by atoms with Crippen molar-refractivity contribution < 1.29 is 0 Å². The van der Waals surface area contributed by atoms with Crippen LogP contribution in [0.4, 0.5) is 5.82 Å². The summed E-state index contributed by atoms with van der Waals surface area (Å²) in [5.41, 5.74) is 1.75. The second-order valence-electron chi connectivity index (χ2n) is 8.16. The van der Waals surface area contributed by atoms with Gasteiger partial charge in [0, 0.05) is 16.7 Å². The van der Waals surface area contributed by atoms with Crippen LogP contribution >= 0.6 is 11.3 Å². The number of fused-ring (bicyclic) bond motifs is 1. The van der Waals surface area contributed by atoms with Gasteiger partial charge in [-0.3, -0.25) is 0 Å². The minimum Gasteiger partial charge on any atom is -0.360 e. The van der Waals surface area contributed by atoms with Gasteiger partial charge in [0.05, 0.1) is 22.9 Å². The number of hydrogen-bond donors (Lipinski definition) is 1. The molecule has 27 heavy (non-hydrogen) atoms. The number of nitrogens with zero attached hydrogens (tertiary/aromatic N) is 4. The van der Waals surface area contributed by atoms with E-state index in [1.165, 1.54) is 54.1 Å². The average Bonchev–Trinajstić information content (AvgIpc) is 3.47. The van der Waals surface area contributed by atoms with E-state index in [-0.39, 0.29) is 6.04 Å². The third-order valence-corrected chi connectivity index (χ3v) is 7.40. The summed E-state index contributed by atoms with van der Waals surface area (Å²) in [4.78, 5) is 15.6. The summed E-state index contributed by atoms with van der Waals surface area (Å²) in [6.07, 6.45) is 14.0. The van der Waals surface area contributed by atoms with Crippen molar-refractivity contribution in [3.63, 3.8) is 0 Å². The molecule has 1 unspecified atom stereocenters. The highest BCUT2D eigenvalue weighted by Crippen LogP contribution is 2.42. The number of nitriles is 1. The molecule has 3 aliphatic rings. The summed E-state index contributed by atoms with van der Waals surface area (Å²) >= 11 is 1.94. The number of nitrogens with one attached hydrogen (secondary N) is 1. The van der Waals surface area contributed by atoms with Crippen LogP contribution in [-0.4, -0.2) is 15.0 Å². The Balaban J connectivity index is 1.42. The Hall–Kier alpha value is -2.00. The van der Waals surface area contributed by atoms with Crippen molar-refractivity contribution in [1.29, 1.82) is 5.26 Å². The van der Waals surface area contributed by atoms with Crippen molar-refractivity contribution in [2.24, 2.45) is 0 Å². The maximum atomic E-state index is 9.48. The van der Waals surface area contributed by atoms with Crippen LogP contribution in [0.3, 0.4) is 0 Å². The zero-order chi connectivity index (χ0) is 18.2. The van der Waals surface area contributed by atoms with Gasteiger partial charge in [-0.05, 0) is 44.9 Å². The van der Waals surface area contributed by atoms with E-state index in [1.54, 1.807) is 6.20 Å². The standard InChI is InChI=1S/C21H25N5S/c22-11-15-12-23-19(13-9-10-13)26-20(15)24-16-7-4-8-17-18(16)25-21(27-17)14-5-2-1-3-6-14/h12-14,16H,1-10H2,(H,23,24,26). The lowest BCUT2D eigenvalue weighted by Gasteiger charge is -2.23. The maximum Gasteiger partial charge on any atom is 0.148 e. The molecule has 0 radical (unpaired) electrons. The molecule has 2 aromatic rings. The third-order valence-electron chi connectivity index (χ3n) is 6.11. The summed E-state index contributed by atoms with van der Waals surface area (Å²) in [5.74, 6) is 2.72. The number of anilines is 1. The zero-order valence-electron chi connectivity index (χ0n) is 15.6. The quantitative estimate of drug-likeness (QED) is 0.788. The van der Waals surface area contributed by atoms with Crippen molar-refractivity contribution in [1.82, 2.24) is 15.0 Å². The number of hydrogen-bond acceptors (Lipinski definition) is 6. The highest BCUT2D eigenvalue weighted by Gasteiger charge is 2.30. The first-order valence-electron chi connectivity index (χ1n) is 10.3. The van der Waals surface area contributed by atoms with Gasteiger partial charge in [-0.25, -0.2) is 15.0 Å². The maximum absolute atomic E-state index is 9.48. The molecule has 5 nitrogen and oxygen atoms in total. The highest BCUT2D eigenvalue weighted by atomic mass is 32.1. The second-order valence-corrected chi connectivity index (χ2v) is 9.28. The van der Waals surface area contributed by atoms with Gasteiger partial charge in [-0.1, -0.05) is 19.3 Å². The fourth-order valence-electron chi connectivity index (χ4n) is 4.39. The van der Waals surface area contributed by atoms with Crippen LogP contribution in [-0.2, 0) is 6.42 Å². The molecule has 140 valence electrons. The summed E-state index contributed by atoms with van der Waals surface area (Å²) in [6.45, 7) is 0. The second kappa shape index (κ2) is 7.20. The van der Waals surface area contributed by atoms with Crippen molar-refractivity contribution >= 4 is 17.2 Å². The van der Waals surface area contributed by atoms with Crippen LogP contribution in [0.25, 0.3) is 0 Å². The molecule has 0 aliphatic heterocycles. The molecule has 0 amide bonds. The lowest BCUT2D eigenvalue weighted by atomic mass is 9.90. The fraction of sp³-hybridized carbons (Fsp3) is 0.619. The van der Waals surface area contributed by atoms with Crippen LogP contribution in [0.5, 0.6) is 0 Å². The van der Waals surface area contributed by atoms with E-state index in [0.717, 1.165) is 31.5 Å². The van der Waals surface area contributed by atoms with Gasteiger partial charge in [0.15, 0.2) is 0 Å². The number of rotatable bonds is 4. The summed E-state index contributed by atoms with van der Waals surface area (Å²) in [7, 11) is 0. The van der Waals surface area contributed by atoms with Crippen LogP contribution < -0.4 is 5.32 Å². The van der Waals surface area contributed by atoms with Gasteiger partial charge in [0.1, 0.15) is 23.3 Å². The largest absolute Gasteiger partial charge is 0.360 e. The summed E-state index contributed by atoms with van der Waals surface area (Å²) in [6, 6.07) is 2.41. The zero-order valence-corrected chi connectivity index (χ0v) is 16.4. The molecule has 5 rings (SSSR count). The Kier molecular flexibility index (Phi) is 4.56. The molecule has 0 bridgehead atoms. The summed E-state index contributed by atoms with van der Waals surface area (Å²) < 4.78 is 0. The van der Waals surface area contributed by atoms with Crippen molar-refractivity contribution in [3.8, 4) is 6.07 Å². The van der Waals surface area contributed by atoms with E-state index in [1.807, 2.05) is 11.3 Å². The number of aromatic nitrogens is 3. The molecule has 6 heteroatoms. The van der Waals surface area contributed by atoms with Gasteiger partial charge in [0.25, 0.3) is 0 Å². The molecule has 2 aromatic heterocycles. The van der Waals surface area contributed by atoms with Crippen LogP contribution in [0.15, 0.2) is 6.20 Å². The molecule has 1 atom stereocenters. The predicted molar refractivity (Wildman–Crippen MR) is 106 cm³/mol. The molecule has 0 saturated heterocycles. The molecule has 2 heterocycles. The predicted octanol–water partition coefficient (Wildman–Crippen LogP) is 5.22. The Morgan fingerprint density at radius 3 is 2.63 bits per heavy atom. The van der Waals surface area contributed by atoms with Gasteiger partial charge >= 0.3 is 0 Å². The van der Waals surface area contributed by atoms with E-state index in [4.69, 9.17) is 9.97 Å². The van der Waals surface area contributed by atoms with Gasteiger partial charge < -0.3 is 5.32 Å². The number of thiazole rings is 1. The monoisotopic (exact) mass is 379 g/mol. The van der Waals surface area contributed by atoms with Crippen LogP contribution in [0.2, 0.25) is 0 Å². The fourth-order valence-corrected chi connectivity index (χ4v) is 5.73. The molecule has 0 aromatic carbocycles. The van der Waals surface area contributed by atoms with Crippen LogP contribution in [0, 0.1) is 11.3 Å². The van der Waals surface area contributed by atoms with Crippen LogP contribution in [0.1, 0.15) is 103 Å². The lowest BCUT2D eigenvalue weighted by molar-refractivity contribution is 0.441. The molecular weight excluding hydrogens is 354 g/mol. The SMILES string of the molecule is N#Cc1cnc(C2CC2)nc1NC1CCCc2sc(C3CCCCC3)nc21. The highest BCUT2D eigenvalue weighted by molar-refractivity contribution is 7.11. The Labute approximate surface area is 164 Å². The molecule has 2 fully saturated rings. The topological polar surface area (TPSA) is 74.5 Å². The van der Waals surface area contributed by atoms with E-state index in [9.17, 15) is 5.26 Å². The van der Waals surface area contributed by atoms with Gasteiger partial charge in [0.2, 0.25) is 0 Å². The molecular formula is C21H25N5S. The smallest absolute Gasteiger partial charge is 0.148 e. The molecule has 3 aliphatic carbocycles. The first-order valence-corrected chi connectivity index (χ1v) is 11.2. The minimum absolute atomic E-state index is 0.163. The minimum atomic E-state index is 0.163. The molecule has 0 spiro atoms. The van der Waals surface area contributed by atoms with E-state index in [2.05, 4.69) is 16.4 Å². The first kappa shape index (κ1) is 17.1. The Bertz CT molecular complexity index is 873. The van der Waals surface area contributed by atoms with Crippen molar-refractivity contribution in [3.05, 3.63) is 33.2 Å². The van der Waals surface area contributed by atoms with Crippen molar-refractivity contribution in [2.45, 2.75) is 82.1 Å². The Morgan fingerprint density at radius 1 is 1.00 bits per heavy atom. The third kappa shape index (κ3) is 3.45. The van der Waals surface area contributed by atoms with Gasteiger partial charge in [-0.2, -0.15) is 5.26 Å². The first-order chi connectivity index (χ1) is 13.3. The van der Waals surface area contributed by atoms with E-state index in [0.29, 0.717) is 23.2 Å². The Morgan fingerprint density at radius 2 is 1.85 bits per heavy atom. The molecule has 2 saturated carbocycles. The van der Waals surface area contributed by atoms with E-state index < -0.39 is 0 Å². The van der Waals surface area contributed by atoms with Gasteiger partial charge in [-0.15, -0.1) is 11.3 Å². The lowest BCUT2D eigenvalue weighted by Crippen LogP contribution is -2.19.